The van der Waals surface area contributed by atoms with Gasteiger partial charge in [-0.25, -0.2) is 9.37 Å². The van der Waals surface area contributed by atoms with Crippen LogP contribution in [0.3, 0.4) is 0 Å². The molecule has 174 valence electrons. The molecule has 34 heavy (non-hydrogen) atoms. The summed E-state index contributed by atoms with van der Waals surface area (Å²) in [6.07, 6.45) is 3.97. The Morgan fingerprint density at radius 2 is 1.82 bits per heavy atom. The van der Waals surface area contributed by atoms with Crippen LogP contribution in [0.2, 0.25) is 0 Å². The lowest BCUT2D eigenvalue weighted by Gasteiger charge is -2.13. The average molecular weight is 460 g/mol. The summed E-state index contributed by atoms with van der Waals surface area (Å²) in [5.74, 6) is 0.161. The van der Waals surface area contributed by atoms with Crippen LogP contribution in [0.25, 0.3) is 10.9 Å². The van der Waals surface area contributed by atoms with Crippen LogP contribution in [-0.4, -0.2) is 36.3 Å². The molecule has 4 rings (SSSR count). The van der Waals surface area contributed by atoms with Crippen molar-refractivity contribution in [2.24, 2.45) is 0 Å². The summed E-state index contributed by atoms with van der Waals surface area (Å²) >= 11 is 0. The molecule has 4 aromatic rings. The highest BCUT2D eigenvalue weighted by Gasteiger charge is 2.10. The maximum absolute atomic E-state index is 13.3. The smallest absolute Gasteiger partial charge is 0.252 e. The molecule has 7 nitrogen and oxygen atoms in total. The molecule has 0 atom stereocenters. The van der Waals surface area contributed by atoms with Gasteiger partial charge < -0.3 is 20.7 Å². The number of aromatic nitrogens is 2. The Balaban J connectivity index is 0.000000202. The van der Waals surface area contributed by atoms with Crippen LogP contribution in [0.4, 0.5) is 21.6 Å². The number of benzene rings is 2. The molecule has 0 bridgehead atoms. The quantitative estimate of drug-likeness (QED) is 0.363. The fourth-order valence-electron chi connectivity index (χ4n) is 3.25. The minimum atomic E-state index is -0.372. The van der Waals surface area contributed by atoms with E-state index in [4.69, 9.17) is 0 Å². The van der Waals surface area contributed by atoms with E-state index in [0.717, 1.165) is 22.3 Å². The summed E-state index contributed by atoms with van der Waals surface area (Å²) in [6, 6.07) is 16.4. The highest BCUT2D eigenvalue weighted by molar-refractivity contribution is 5.95. The van der Waals surface area contributed by atoms with Crippen molar-refractivity contribution < 1.29 is 14.0 Å². The lowest BCUT2D eigenvalue weighted by Crippen LogP contribution is -2.18. The molecule has 8 heteroatoms. The van der Waals surface area contributed by atoms with Gasteiger partial charge in [0.05, 0.1) is 16.8 Å². The highest BCUT2D eigenvalue weighted by Crippen LogP contribution is 2.25. The van der Waals surface area contributed by atoms with Crippen LogP contribution >= 0.6 is 0 Å². The predicted molar refractivity (Wildman–Crippen MR) is 133 cm³/mol. The molecule has 0 saturated carbocycles. The van der Waals surface area contributed by atoms with E-state index < -0.39 is 0 Å². The number of pyridine rings is 2. The third-order valence-corrected chi connectivity index (χ3v) is 5.12. The van der Waals surface area contributed by atoms with E-state index in [1.807, 2.05) is 37.3 Å². The lowest BCUT2D eigenvalue weighted by molar-refractivity contribution is -0.107. The summed E-state index contributed by atoms with van der Waals surface area (Å²) in [7, 11) is 3.40. The van der Waals surface area contributed by atoms with E-state index in [1.54, 1.807) is 44.7 Å². The van der Waals surface area contributed by atoms with Crippen molar-refractivity contribution in [3.63, 3.8) is 0 Å². The number of aldehydes is 1. The standard InChI is InChI=1S/C15H18N4O.C11H8FNO/c1-10-6-4-5-7-12(10)19-14-13(16-2)8-11(9-18-14)15(20)17-3;12-10-7-11-9(2-1-4-13-11)6-8(10)3-5-14/h4-9,16H,1-3H3,(H,17,20)(H,18,19);1-2,4-7H,3H2. The van der Waals surface area contributed by atoms with E-state index in [1.165, 1.54) is 6.07 Å². The van der Waals surface area contributed by atoms with Crippen molar-refractivity contribution in [2.75, 3.05) is 24.7 Å². The van der Waals surface area contributed by atoms with Gasteiger partial charge in [-0.2, -0.15) is 0 Å². The molecule has 2 aromatic carbocycles. The first kappa shape index (κ1) is 24.3. The summed E-state index contributed by atoms with van der Waals surface area (Å²) in [4.78, 5) is 30.2. The van der Waals surface area contributed by atoms with E-state index in [9.17, 15) is 14.0 Å². The number of halogens is 1. The minimum absolute atomic E-state index is 0.108. The molecule has 0 aliphatic rings. The number of hydrogen-bond acceptors (Lipinski definition) is 6. The predicted octanol–water partition coefficient (Wildman–Crippen LogP) is 4.65. The Bertz CT molecular complexity index is 1310. The van der Waals surface area contributed by atoms with Crippen LogP contribution in [0.1, 0.15) is 21.5 Å². The zero-order chi connectivity index (χ0) is 24.5. The topological polar surface area (TPSA) is 96.0 Å². The number of amides is 1. The molecule has 0 radical (unpaired) electrons. The first-order valence-electron chi connectivity index (χ1n) is 10.7. The number of rotatable bonds is 6. The zero-order valence-corrected chi connectivity index (χ0v) is 19.2. The van der Waals surface area contributed by atoms with Crippen LogP contribution in [0, 0.1) is 12.7 Å². The van der Waals surface area contributed by atoms with Crippen molar-refractivity contribution >= 4 is 40.3 Å². The summed E-state index contributed by atoms with van der Waals surface area (Å²) in [6.45, 7) is 2.03. The Hall–Kier alpha value is -4.33. The van der Waals surface area contributed by atoms with Crippen molar-refractivity contribution in [3.8, 4) is 0 Å². The summed E-state index contributed by atoms with van der Waals surface area (Å²) < 4.78 is 13.3. The number of nitrogens with zero attached hydrogens (tertiary/aromatic N) is 2. The Morgan fingerprint density at radius 1 is 1.03 bits per heavy atom. The van der Waals surface area contributed by atoms with Crippen molar-refractivity contribution in [1.82, 2.24) is 15.3 Å². The van der Waals surface area contributed by atoms with Gasteiger partial charge in [0.1, 0.15) is 12.1 Å². The fourth-order valence-corrected chi connectivity index (χ4v) is 3.25. The van der Waals surface area contributed by atoms with Crippen LogP contribution in [-0.2, 0) is 11.2 Å². The molecular weight excluding hydrogens is 433 g/mol. The van der Waals surface area contributed by atoms with E-state index in [2.05, 4.69) is 25.9 Å². The molecule has 0 saturated heterocycles. The maximum atomic E-state index is 13.3. The second kappa shape index (κ2) is 11.5. The first-order valence-corrected chi connectivity index (χ1v) is 10.7. The highest BCUT2D eigenvalue weighted by atomic mass is 19.1. The summed E-state index contributed by atoms with van der Waals surface area (Å²) in [5, 5.41) is 9.76. The van der Waals surface area contributed by atoms with Crippen molar-refractivity contribution in [3.05, 3.63) is 89.5 Å². The number of nitrogens with one attached hydrogen (secondary N) is 3. The molecule has 2 aromatic heterocycles. The van der Waals surface area contributed by atoms with E-state index >= 15 is 0 Å². The largest absolute Gasteiger partial charge is 0.385 e. The van der Waals surface area contributed by atoms with Gasteiger partial charge in [-0.05, 0) is 42.3 Å². The number of anilines is 3. The molecule has 0 spiro atoms. The normalized spacial score (nSPS) is 10.1. The van der Waals surface area contributed by atoms with Gasteiger partial charge in [0.25, 0.3) is 5.91 Å². The Kier molecular flexibility index (Phi) is 8.23. The third kappa shape index (κ3) is 5.92. The molecule has 0 unspecified atom stereocenters. The molecule has 0 fully saturated rings. The minimum Gasteiger partial charge on any atom is -0.385 e. The molecule has 2 heterocycles. The number of para-hydroxylation sites is 1. The van der Waals surface area contributed by atoms with Gasteiger partial charge >= 0.3 is 0 Å². The van der Waals surface area contributed by atoms with Gasteiger partial charge in [0.15, 0.2) is 5.82 Å². The van der Waals surface area contributed by atoms with Crippen LogP contribution in [0.15, 0.2) is 67.0 Å². The Morgan fingerprint density at radius 3 is 2.53 bits per heavy atom. The zero-order valence-electron chi connectivity index (χ0n) is 19.2. The van der Waals surface area contributed by atoms with E-state index in [0.29, 0.717) is 28.7 Å². The SMILES string of the molecule is CNC(=O)c1cnc(Nc2ccccc2C)c(NC)c1.O=CCc1cc2cccnc2cc1F. The molecule has 3 N–H and O–H groups in total. The van der Waals surface area contributed by atoms with Crippen molar-refractivity contribution in [2.45, 2.75) is 13.3 Å². The van der Waals surface area contributed by atoms with Gasteiger partial charge in [0, 0.05) is 50.0 Å². The lowest BCUT2D eigenvalue weighted by atomic mass is 10.1. The number of carbonyl (C=O) groups is 2. The van der Waals surface area contributed by atoms with Crippen LogP contribution < -0.4 is 16.0 Å². The summed E-state index contributed by atoms with van der Waals surface area (Å²) in [5.41, 5.74) is 4.44. The number of carbonyl (C=O) groups excluding carboxylic acids is 2. The first-order chi connectivity index (χ1) is 16.5. The molecular formula is C26H26FN5O2. The second-order valence-electron chi connectivity index (χ2n) is 7.40. The third-order valence-electron chi connectivity index (χ3n) is 5.12. The molecule has 1 amide bonds. The van der Waals surface area contributed by atoms with Crippen molar-refractivity contribution in [1.29, 1.82) is 0 Å². The number of fused-ring (bicyclic) bond motifs is 1. The van der Waals surface area contributed by atoms with Gasteiger partial charge in [-0.15, -0.1) is 0 Å². The average Bonchev–Trinajstić information content (AvgIpc) is 2.86. The van der Waals surface area contributed by atoms with Gasteiger partial charge in [0.2, 0.25) is 0 Å². The Labute approximate surface area is 197 Å². The van der Waals surface area contributed by atoms with E-state index in [-0.39, 0.29) is 18.1 Å². The van der Waals surface area contributed by atoms with Crippen LogP contribution in [0.5, 0.6) is 0 Å². The fraction of sp³-hybridized carbons (Fsp3) is 0.154. The molecule has 0 aliphatic heterocycles. The monoisotopic (exact) mass is 459 g/mol. The number of hydrogen-bond donors (Lipinski definition) is 3. The van der Waals surface area contributed by atoms with Gasteiger partial charge in [-0.1, -0.05) is 24.3 Å². The number of aryl methyl sites for hydroxylation is 1. The van der Waals surface area contributed by atoms with Gasteiger partial charge in [-0.3, -0.25) is 9.78 Å². The second-order valence-corrected chi connectivity index (χ2v) is 7.40. The molecule has 0 aliphatic carbocycles. The maximum Gasteiger partial charge on any atom is 0.252 e.